The first-order chi connectivity index (χ1) is 10.0. The Balaban J connectivity index is 1.68. The molecule has 5 nitrogen and oxygen atoms in total. The fraction of sp³-hybridized carbons (Fsp3) is 0.467. The number of rotatable bonds is 5. The summed E-state index contributed by atoms with van der Waals surface area (Å²) in [6.45, 7) is 0. The summed E-state index contributed by atoms with van der Waals surface area (Å²) in [4.78, 5) is 23.1. The molecule has 112 valence electrons. The molecule has 0 radical (unpaired) electrons. The first kappa shape index (κ1) is 13.9. The van der Waals surface area contributed by atoms with Gasteiger partial charge in [0.15, 0.2) is 0 Å². The van der Waals surface area contributed by atoms with E-state index in [1.165, 1.54) is 6.07 Å². The van der Waals surface area contributed by atoms with Crippen LogP contribution >= 0.6 is 0 Å². The topological polar surface area (TPSA) is 78.4 Å². The van der Waals surface area contributed by atoms with E-state index < -0.39 is 17.8 Å². The zero-order valence-corrected chi connectivity index (χ0v) is 11.4. The van der Waals surface area contributed by atoms with Crippen LogP contribution in [0.5, 0.6) is 0 Å². The Kier molecular flexibility index (Phi) is 3.53. The van der Waals surface area contributed by atoms with Crippen LogP contribution in [0.25, 0.3) is 0 Å². The highest BCUT2D eigenvalue weighted by molar-refractivity contribution is 6.00. The third-order valence-corrected chi connectivity index (χ3v) is 4.02. The molecule has 0 aliphatic heterocycles. The van der Waals surface area contributed by atoms with Crippen LogP contribution in [0.2, 0.25) is 0 Å². The summed E-state index contributed by atoms with van der Waals surface area (Å²) in [5, 5.41) is 14.5. The van der Waals surface area contributed by atoms with Gasteiger partial charge in [-0.05, 0) is 55.7 Å². The second-order valence-electron chi connectivity index (χ2n) is 5.79. The van der Waals surface area contributed by atoms with E-state index >= 15 is 0 Å². The van der Waals surface area contributed by atoms with Crippen LogP contribution in [0.15, 0.2) is 18.2 Å². The number of amides is 2. The van der Waals surface area contributed by atoms with Crippen LogP contribution in [-0.2, 0) is 0 Å². The van der Waals surface area contributed by atoms with Crippen molar-refractivity contribution in [2.75, 3.05) is 5.32 Å². The zero-order valence-electron chi connectivity index (χ0n) is 11.4. The van der Waals surface area contributed by atoms with Gasteiger partial charge in [0.1, 0.15) is 5.82 Å². The molecule has 2 amide bonds. The molecule has 0 saturated heterocycles. The third kappa shape index (κ3) is 3.32. The number of nitrogens with one attached hydrogen (secondary N) is 2. The predicted octanol–water partition coefficient (Wildman–Crippen LogP) is 2.83. The van der Waals surface area contributed by atoms with Gasteiger partial charge in [0.25, 0.3) is 0 Å². The molecular formula is C15H17FN2O3. The Bertz CT molecular complexity index is 570. The molecule has 2 aliphatic rings. The highest BCUT2D eigenvalue weighted by Gasteiger charge is 2.42. The molecule has 21 heavy (non-hydrogen) atoms. The minimum atomic E-state index is -1.27. The molecule has 0 spiro atoms. The van der Waals surface area contributed by atoms with E-state index in [-0.39, 0.29) is 17.3 Å². The summed E-state index contributed by atoms with van der Waals surface area (Å²) in [5.74, 6) is -0.816. The van der Waals surface area contributed by atoms with Crippen molar-refractivity contribution in [3.8, 4) is 0 Å². The van der Waals surface area contributed by atoms with Crippen molar-refractivity contribution in [3.05, 3.63) is 29.6 Å². The Hall–Kier alpha value is -2.11. The van der Waals surface area contributed by atoms with Gasteiger partial charge in [0, 0.05) is 6.04 Å². The van der Waals surface area contributed by atoms with Gasteiger partial charge in [-0.3, -0.25) is 0 Å². The molecule has 3 rings (SSSR count). The first-order valence-electron chi connectivity index (χ1n) is 7.15. The molecule has 6 heteroatoms. The van der Waals surface area contributed by atoms with Gasteiger partial charge in [-0.25, -0.2) is 14.0 Å². The molecule has 2 aliphatic carbocycles. The first-order valence-corrected chi connectivity index (χ1v) is 7.15. The van der Waals surface area contributed by atoms with Gasteiger partial charge in [0.2, 0.25) is 0 Å². The van der Waals surface area contributed by atoms with Gasteiger partial charge in [-0.15, -0.1) is 0 Å². The monoisotopic (exact) mass is 292 g/mol. The lowest BCUT2D eigenvalue weighted by Gasteiger charge is -2.18. The summed E-state index contributed by atoms with van der Waals surface area (Å²) >= 11 is 0. The van der Waals surface area contributed by atoms with Crippen molar-refractivity contribution in [1.82, 2.24) is 5.32 Å². The number of carbonyl (C=O) groups is 2. The maximum absolute atomic E-state index is 13.1. The SMILES string of the molecule is O=C(Nc1ccc(F)cc1C(=O)O)NC(C1CC1)C1CC1. The summed E-state index contributed by atoms with van der Waals surface area (Å²) < 4.78 is 13.1. The molecule has 1 aromatic carbocycles. The van der Waals surface area contributed by atoms with Crippen LogP contribution in [-0.4, -0.2) is 23.1 Å². The van der Waals surface area contributed by atoms with Gasteiger partial charge in [0.05, 0.1) is 11.3 Å². The summed E-state index contributed by atoms with van der Waals surface area (Å²) in [6, 6.07) is 3.05. The number of hydrogen-bond donors (Lipinski definition) is 3. The van der Waals surface area contributed by atoms with Gasteiger partial charge in [-0.1, -0.05) is 0 Å². The van der Waals surface area contributed by atoms with Crippen molar-refractivity contribution in [1.29, 1.82) is 0 Å². The summed E-state index contributed by atoms with van der Waals surface area (Å²) in [5.41, 5.74) is -0.147. The average molecular weight is 292 g/mol. The standard InChI is InChI=1S/C15H17FN2O3/c16-10-5-6-12(11(7-10)14(19)20)17-15(21)18-13(8-1-2-8)9-3-4-9/h5-9,13H,1-4H2,(H,19,20)(H2,17,18,21). The van der Waals surface area contributed by atoms with Crippen molar-refractivity contribution in [2.24, 2.45) is 11.8 Å². The molecule has 3 N–H and O–H groups in total. The molecule has 1 aromatic rings. The average Bonchev–Trinajstić information content (AvgIpc) is 3.30. The number of carbonyl (C=O) groups excluding carboxylic acids is 1. The zero-order chi connectivity index (χ0) is 15.0. The number of anilines is 1. The molecule has 0 atom stereocenters. The molecule has 0 unspecified atom stereocenters. The van der Waals surface area contributed by atoms with E-state index in [1.54, 1.807) is 0 Å². The van der Waals surface area contributed by atoms with E-state index in [9.17, 15) is 14.0 Å². The predicted molar refractivity (Wildman–Crippen MR) is 74.7 cm³/mol. The number of carboxylic acid groups (broad SMARTS) is 1. The van der Waals surface area contributed by atoms with Crippen molar-refractivity contribution in [2.45, 2.75) is 31.7 Å². The number of benzene rings is 1. The van der Waals surface area contributed by atoms with Crippen molar-refractivity contribution >= 4 is 17.7 Å². The van der Waals surface area contributed by atoms with Crippen LogP contribution < -0.4 is 10.6 Å². The lowest BCUT2D eigenvalue weighted by atomic mass is 10.1. The number of aromatic carboxylic acids is 1. The Morgan fingerprint density at radius 3 is 2.33 bits per heavy atom. The van der Waals surface area contributed by atoms with E-state index in [4.69, 9.17) is 5.11 Å². The minimum absolute atomic E-state index is 0.103. The molecular weight excluding hydrogens is 275 g/mol. The quantitative estimate of drug-likeness (QED) is 0.781. The maximum atomic E-state index is 13.1. The highest BCUT2D eigenvalue weighted by atomic mass is 19.1. The molecule has 0 heterocycles. The lowest BCUT2D eigenvalue weighted by Crippen LogP contribution is -2.41. The van der Waals surface area contributed by atoms with E-state index in [0.717, 1.165) is 37.8 Å². The minimum Gasteiger partial charge on any atom is -0.478 e. The van der Waals surface area contributed by atoms with Gasteiger partial charge >= 0.3 is 12.0 Å². The summed E-state index contributed by atoms with van der Waals surface area (Å²) in [7, 11) is 0. The number of carboxylic acids is 1. The lowest BCUT2D eigenvalue weighted by molar-refractivity contribution is 0.0697. The number of urea groups is 1. The third-order valence-electron chi connectivity index (χ3n) is 4.02. The Morgan fingerprint density at radius 1 is 1.19 bits per heavy atom. The Labute approximate surface area is 121 Å². The molecule has 0 aromatic heterocycles. The van der Waals surface area contributed by atoms with Crippen LogP contribution in [0.1, 0.15) is 36.0 Å². The number of hydrogen-bond acceptors (Lipinski definition) is 2. The largest absolute Gasteiger partial charge is 0.478 e. The highest BCUT2D eigenvalue weighted by Crippen LogP contribution is 2.44. The van der Waals surface area contributed by atoms with Gasteiger partial charge < -0.3 is 15.7 Å². The normalized spacial score (nSPS) is 17.6. The molecule has 2 saturated carbocycles. The molecule has 2 fully saturated rings. The Morgan fingerprint density at radius 2 is 1.81 bits per heavy atom. The fourth-order valence-electron chi connectivity index (χ4n) is 2.64. The van der Waals surface area contributed by atoms with Gasteiger partial charge in [-0.2, -0.15) is 0 Å². The molecule has 0 bridgehead atoms. The summed E-state index contributed by atoms with van der Waals surface area (Å²) in [6.07, 6.45) is 4.55. The van der Waals surface area contributed by atoms with E-state index in [0.29, 0.717) is 11.8 Å². The van der Waals surface area contributed by atoms with Crippen LogP contribution in [0.3, 0.4) is 0 Å². The van der Waals surface area contributed by atoms with E-state index in [1.807, 2.05) is 0 Å². The second-order valence-corrected chi connectivity index (χ2v) is 5.79. The van der Waals surface area contributed by atoms with Crippen molar-refractivity contribution < 1.29 is 19.1 Å². The second kappa shape index (κ2) is 5.35. The fourth-order valence-corrected chi connectivity index (χ4v) is 2.64. The van der Waals surface area contributed by atoms with Crippen molar-refractivity contribution in [3.63, 3.8) is 0 Å². The van der Waals surface area contributed by atoms with E-state index in [2.05, 4.69) is 10.6 Å². The smallest absolute Gasteiger partial charge is 0.337 e. The van der Waals surface area contributed by atoms with Crippen LogP contribution in [0.4, 0.5) is 14.9 Å². The van der Waals surface area contributed by atoms with Crippen LogP contribution in [0, 0.1) is 17.7 Å². The maximum Gasteiger partial charge on any atom is 0.337 e. The number of halogens is 1.